The minimum atomic E-state index is -0.306. The third-order valence-electron chi connectivity index (χ3n) is 4.68. The fourth-order valence-corrected chi connectivity index (χ4v) is 4.21. The van der Waals surface area contributed by atoms with Gasteiger partial charge in [-0.1, -0.05) is 6.92 Å². The van der Waals surface area contributed by atoms with Gasteiger partial charge in [-0.15, -0.1) is 11.3 Å². The van der Waals surface area contributed by atoms with Crippen LogP contribution in [0, 0.1) is 12.8 Å². The van der Waals surface area contributed by atoms with Gasteiger partial charge in [0.1, 0.15) is 0 Å². The fraction of sp³-hybridized carbons (Fsp3) is 0.474. The first-order valence-corrected chi connectivity index (χ1v) is 9.85. The van der Waals surface area contributed by atoms with Crippen LogP contribution in [-0.2, 0) is 0 Å². The number of thiophene rings is 1. The van der Waals surface area contributed by atoms with E-state index in [1.807, 2.05) is 17.9 Å². The molecule has 1 aliphatic heterocycles. The summed E-state index contributed by atoms with van der Waals surface area (Å²) in [6, 6.07) is 5.12. The van der Waals surface area contributed by atoms with Crippen molar-refractivity contribution in [2.45, 2.75) is 26.7 Å². The smallest absolute Gasteiger partial charge is 0.291 e. The van der Waals surface area contributed by atoms with Crippen LogP contribution in [0.3, 0.4) is 0 Å². The molecule has 0 saturated carbocycles. The van der Waals surface area contributed by atoms with Gasteiger partial charge < -0.3 is 20.0 Å². The number of rotatable bonds is 6. The van der Waals surface area contributed by atoms with Gasteiger partial charge in [0.05, 0.1) is 16.1 Å². The molecule has 26 heavy (non-hydrogen) atoms. The van der Waals surface area contributed by atoms with E-state index in [0.29, 0.717) is 15.8 Å². The molecule has 6 nitrogen and oxygen atoms in total. The van der Waals surface area contributed by atoms with E-state index >= 15 is 0 Å². The van der Waals surface area contributed by atoms with E-state index in [0.717, 1.165) is 44.6 Å². The van der Waals surface area contributed by atoms with Crippen molar-refractivity contribution in [1.29, 1.82) is 0 Å². The average molecular weight is 375 g/mol. The predicted molar refractivity (Wildman–Crippen MR) is 103 cm³/mol. The molecule has 1 aliphatic rings. The second kappa shape index (κ2) is 8.51. The van der Waals surface area contributed by atoms with Crippen molar-refractivity contribution >= 4 is 28.2 Å². The summed E-state index contributed by atoms with van der Waals surface area (Å²) < 4.78 is 5.10. The predicted octanol–water partition coefficient (Wildman–Crippen LogP) is 3.36. The second-order valence-corrected chi connectivity index (χ2v) is 7.65. The third-order valence-corrected chi connectivity index (χ3v) is 5.82. The van der Waals surface area contributed by atoms with Gasteiger partial charge in [0.2, 0.25) is 0 Å². The normalized spacial score (nSPS) is 15.2. The van der Waals surface area contributed by atoms with Crippen molar-refractivity contribution in [1.82, 2.24) is 10.2 Å². The van der Waals surface area contributed by atoms with Crippen LogP contribution in [0.15, 0.2) is 28.9 Å². The molecule has 0 bridgehead atoms. The Morgan fingerprint density at radius 3 is 2.77 bits per heavy atom. The molecular weight excluding hydrogens is 350 g/mol. The number of nitrogens with one attached hydrogen (secondary N) is 2. The van der Waals surface area contributed by atoms with Crippen molar-refractivity contribution in [3.05, 3.63) is 40.7 Å². The average Bonchev–Trinajstić information content (AvgIpc) is 3.30. The summed E-state index contributed by atoms with van der Waals surface area (Å²) in [7, 11) is 0. The van der Waals surface area contributed by atoms with E-state index in [1.54, 1.807) is 12.1 Å². The number of likely N-dealkylation sites (tertiary alicyclic amines) is 1. The Labute approximate surface area is 157 Å². The zero-order valence-electron chi connectivity index (χ0n) is 15.2. The minimum absolute atomic E-state index is 0.0629. The Bertz CT molecular complexity index is 746. The van der Waals surface area contributed by atoms with Gasteiger partial charge in [0.15, 0.2) is 5.76 Å². The van der Waals surface area contributed by atoms with Crippen LogP contribution in [0.5, 0.6) is 0 Å². The molecule has 7 heteroatoms. The van der Waals surface area contributed by atoms with Crippen molar-refractivity contribution in [3.8, 4) is 0 Å². The van der Waals surface area contributed by atoms with Crippen LogP contribution in [0.25, 0.3) is 0 Å². The lowest BCUT2D eigenvalue weighted by Crippen LogP contribution is -2.40. The van der Waals surface area contributed by atoms with Crippen molar-refractivity contribution < 1.29 is 14.0 Å². The van der Waals surface area contributed by atoms with Crippen LogP contribution in [-0.4, -0.2) is 42.9 Å². The number of amides is 2. The maximum absolute atomic E-state index is 12.9. The van der Waals surface area contributed by atoms with E-state index in [1.165, 1.54) is 17.6 Å². The number of carbonyl (C=O) groups excluding carboxylic acids is 2. The van der Waals surface area contributed by atoms with Gasteiger partial charge in [0.25, 0.3) is 11.8 Å². The summed E-state index contributed by atoms with van der Waals surface area (Å²) in [5, 5.41) is 6.85. The highest BCUT2D eigenvalue weighted by Gasteiger charge is 2.26. The largest absolute Gasteiger partial charge is 0.459 e. The minimum Gasteiger partial charge on any atom is -0.459 e. The van der Waals surface area contributed by atoms with E-state index in [4.69, 9.17) is 4.42 Å². The Hall–Kier alpha value is -2.12. The zero-order valence-corrected chi connectivity index (χ0v) is 16.0. The molecule has 2 aromatic rings. The summed E-state index contributed by atoms with van der Waals surface area (Å²) in [5.74, 6) is 0.658. The Morgan fingerprint density at radius 2 is 2.12 bits per heavy atom. The number of aryl methyl sites for hydroxylation is 1. The summed E-state index contributed by atoms with van der Waals surface area (Å²) in [5.41, 5.74) is 0.893. The van der Waals surface area contributed by atoms with Crippen LogP contribution >= 0.6 is 11.3 Å². The maximum atomic E-state index is 12.9. The molecule has 2 aromatic heterocycles. The highest BCUT2D eigenvalue weighted by atomic mass is 32.1. The number of nitrogens with zero attached hydrogens (tertiary/aromatic N) is 1. The lowest BCUT2D eigenvalue weighted by Gasteiger charge is -2.32. The number of piperidine rings is 1. The molecular formula is C19H25N3O3S. The molecule has 0 aliphatic carbocycles. The molecule has 1 fully saturated rings. The number of hydrogen-bond acceptors (Lipinski definition) is 5. The van der Waals surface area contributed by atoms with Crippen molar-refractivity contribution in [3.63, 3.8) is 0 Å². The first kappa shape index (κ1) is 18.7. The monoisotopic (exact) mass is 375 g/mol. The first-order valence-electron chi connectivity index (χ1n) is 9.03. The number of hydrogen-bond donors (Lipinski definition) is 2. The molecule has 0 atom stereocenters. The summed E-state index contributed by atoms with van der Waals surface area (Å²) in [4.78, 5) is 27.6. The molecule has 1 saturated heterocycles. The zero-order chi connectivity index (χ0) is 18.5. The molecule has 2 amide bonds. The standard InChI is InChI=1S/C19H25N3O3S/c1-3-20-12-14-6-8-22(9-7-14)19(24)17-13(2)11-16(26-17)21-18(23)15-5-4-10-25-15/h4-5,10-11,14,20H,3,6-9,12H2,1-2H3,(H,21,23). The number of anilines is 1. The highest BCUT2D eigenvalue weighted by Crippen LogP contribution is 2.29. The Kier molecular flexibility index (Phi) is 6.11. The van der Waals surface area contributed by atoms with Gasteiger partial charge in [0, 0.05) is 13.1 Å². The van der Waals surface area contributed by atoms with Crippen molar-refractivity contribution in [2.24, 2.45) is 5.92 Å². The van der Waals surface area contributed by atoms with Gasteiger partial charge >= 0.3 is 0 Å². The molecule has 3 heterocycles. The quantitative estimate of drug-likeness (QED) is 0.812. The fourth-order valence-electron chi connectivity index (χ4n) is 3.17. The van der Waals surface area contributed by atoms with Gasteiger partial charge in [-0.25, -0.2) is 0 Å². The van der Waals surface area contributed by atoms with Crippen LogP contribution in [0.1, 0.15) is 45.6 Å². The highest BCUT2D eigenvalue weighted by molar-refractivity contribution is 7.18. The van der Waals surface area contributed by atoms with Crippen LogP contribution in [0.4, 0.5) is 5.00 Å². The third kappa shape index (κ3) is 4.34. The molecule has 0 aromatic carbocycles. The summed E-state index contributed by atoms with van der Waals surface area (Å²) in [6.45, 7) is 7.62. The van der Waals surface area contributed by atoms with Crippen LogP contribution in [0.2, 0.25) is 0 Å². The van der Waals surface area contributed by atoms with Crippen LogP contribution < -0.4 is 10.6 Å². The van der Waals surface area contributed by atoms with Gasteiger partial charge in [-0.05, 0) is 62.5 Å². The van der Waals surface area contributed by atoms with Gasteiger partial charge in [-0.3, -0.25) is 9.59 Å². The molecule has 0 radical (unpaired) electrons. The summed E-state index contributed by atoms with van der Waals surface area (Å²) >= 11 is 1.32. The van der Waals surface area contributed by atoms with E-state index in [2.05, 4.69) is 17.6 Å². The molecule has 0 unspecified atom stereocenters. The number of carbonyl (C=O) groups is 2. The molecule has 140 valence electrons. The Morgan fingerprint density at radius 1 is 1.35 bits per heavy atom. The lowest BCUT2D eigenvalue weighted by atomic mass is 9.96. The molecule has 0 spiro atoms. The number of furan rings is 1. The summed E-state index contributed by atoms with van der Waals surface area (Å²) in [6.07, 6.45) is 3.53. The molecule has 2 N–H and O–H groups in total. The topological polar surface area (TPSA) is 74.6 Å². The first-order chi connectivity index (χ1) is 12.6. The van der Waals surface area contributed by atoms with Crippen molar-refractivity contribution in [2.75, 3.05) is 31.5 Å². The van der Waals surface area contributed by atoms with E-state index < -0.39 is 0 Å². The van der Waals surface area contributed by atoms with Gasteiger partial charge in [-0.2, -0.15) is 0 Å². The second-order valence-electron chi connectivity index (χ2n) is 6.60. The molecule has 3 rings (SSSR count). The lowest BCUT2D eigenvalue weighted by molar-refractivity contribution is 0.0694. The maximum Gasteiger partial charge on any atom is 0.291 e. The van der Waals surface area contributed by atoms with E-state index in [-0.39, 0.29) is 17.6 Å². The van der Waals surface area contributed by atoms with E-state index in [9.17, 15) is 9.59 Å². The Balaban J connectivity index is 1.60. The SMILES string of the molecule is CCNCC1CCN(C(=O)c2sc(NC(=O)c3ccco3)cc2C)CC1.